The molecule has 3 amide bonds. The van der Waals surface area contributed by atoms with E-state index in [0.717, 1.165) is 42.5 Å². The average molecular weight is 936 g/mol. The van der Waals surface area contributed by atoms with Gasteiger partial charge in [-0.25, -0.2) is 4.79 Å². The summed E-state index contributed by atoms with van der Waals surface area (Å²) in [5.74, 6) is 1.38. The van der Waals surface area contributed by atoms with Crippen LogP contribution in [0, 0.1) is 18.3 Å². The van der Waals surface area contributed by atoms with Crippen LogP contribution in [0.4, 0.5) is 16.2 Å². The standard InChI is InChI=1S/C52H65N7O9.2H2/c1-4-65-45-14-8-7-13-43(45)59-48(54-41-12-6-5-11-40(41)50(59)61)33-56-23-25-57(26-24-56)49(60)34-66-38-19-17-37(18-20-38)32-53-67-28-10-27-64-35-58-46-15-9-22-52(46)31-39(30-47(52)58)68-51(62)55-42-29-36(2)16-21-44(42)63-3;;/h5-8,11-14,16-21,29,39-40,46-48,53H,4,9-10,15,22-28,30-35H2,1-3H3,(H,55,62);2*1H. The number of nitrogens with zero attached hydrogens (tertiary/aromatic N) is 5. The molecule has 1 spiro atoms. The number of methoxy groups -OCH3 is 1. The number of fused-ring (bicyclic) bond motifs is 1. The van der Waals surface area contributed by atoms with E-state index in [9.17, 15) is 14.4 Å². The number of likely N-dealkylation sites (tertiary alicyclic amines) is 1. The van der Waals surface area contributed by atoms with Gasteiger partial charge in [0.1, 0.15) is 29.5 Å². The zero-order chi connectivity index (χ0) is 47.0. The highest BCUT2D eigenvalue weighted by Gasteiger charge is 2.66. The van der Waals surface area contributed by atoms with Crippen LogP contribution in [0.2, 0.25) is 0 Å². The van der Waals surface area contributed by atoms with Crippen LogP contribution in [0.5, 0.6) is 17.2 Å². The number of carbonyl (C=O) groups is 3. The normalized spacial score (nSPS) is 25.2. The van der Waals surface area contributed by atoms with Crippen molar-refractivity contribution in [3.63, 3.8) is 0 Å². The maximum absolute atomic E-state index is 13.9. The Hall–Kier alpha value is -5.78. The molecule has 68 heavy (non-hydrogen) atoms. The van der Waals surface area contributed by atoms with Crippen molar-refractivity contribution in [2.24, 2.45) is 16.3 Å². The molecule has 9 rings (SSSR count). The van der Waals surface area contributed by atoms with Crippen molar-refractivity contribution in [2.75, 3.05) is 83.2 Å². The smallest absolute Gasteiger partial charge is 0.412 e. The largest absolute Gasteiger partial charge is 0.495 e. The number of aryl methyl sites for hydroxylation is 1. The van der Waals surface area contributed by atoms with Gasteiger partial charge in [0.25, 0.3) is 5.91 Å². The Morgan fingerprint density at radius 1 is 0.956 bits per heavy atom. The highest BCUT2D eigenvalue weighted by Crippen LogP contribution is 2.62. The van der Waals surface area contributed by atoms with Gasteiger partial charge in [-0.2, -0.15) is 5.48 Å². The van der Waals surface area contributed by atoms with E-state index < -0.39 is 18.2 Å². The summed E-state index contributed by atoms with van der Waals surface area (Å²) in [7, 11) is 1.59. The number of benzene rings is 3. The maximum Gasteiger partial charge on any atom is 0.412 e. The number of amides is 3. The van der Waals surface area contributed by atoms with Gasteiger partial charge in [-0.15, -0.1) is 0 Å². The molecule has 2 saturated heterocycles. The van der Waals surface area contributed by atoms with Gasteiger partial charge in [-0.3, -0.25) is 34.6 Å². The third-order valence-corrected chi connectivity index (χ3v) is 14.3. The number of anilines is 2. The topological polar surface area (TPSA) is 156 Å². The third kappa shape index (κ3) is 10.4. The fraction of sp³-hybridized carbons (Fsp3) is 0.500. The van der Waals surface area contributed by atoms with E-state index in [4.69, 9.17) is 33.5 Å². The van der Waals surface area contributed by atoms with E-state index in [1.807, 2.05) is 110 Å². The van der Waals surface area contributed by atoms with Gasteiger partial charge in [0, 0.05) is 66.0 Å². The van der Waals surface area contributed by atoms with E-state index in [-0.39, 0.29) is 32.8 Å². The lowest BCUT2D eigenvalue weighted by atomic mass is 9.68. The number of carbonyl (C=O) groups excluding carboxylic acids is 3. The van der Waals surface area contributed by atoms with Crippen LogP contribution in [0.15, 0.2) is 96.0 Å². The van der Waals surface area contributed by atoms with Crippen molar-refractivity contribution in [3.05, 3.63) is 102 Å². The molecule has 6 atom stereocenters. The van der Waals surface area contributed by atoms with Gasteiger partial charge in [0.2, 0.25) is 5.91 Å². The van der Waals surface area contributed by atoms with E-state index in [0.29, 0.717) is 107 Å². The van der Waals surface area contributed by atoms with E-state index in [1.54, 1.807) is 12.0 Å². The molecule has 3 heterocycles. The predicted molar refractivity (Wildman–Crippen MR) is 262 cm³/mol. The molecule has 366 valence electrons. The molecular weight excluding hydrogens is 867 g/mol. The van der Waals surface area contributed by atoms with Crippen LogP contribution in [0.25, 0.3) is 0 Å². The van der Waals surface area contributed by atoms with Gasteiger partial charge in [0.15, 0.2) is 6.61 Å². The molecule has 0 bridgehead atoms. The minimum Gasteiger partial charge on any atom is -0.495 e. The summed E-state index contributed by atoms with van der Waals surface area (Å²) in [6.45, 7) is 9.51. The molecule has 3 aromatic carbocycles. The molecule has 6 unspecified atom stereocenters. The number of hydrogen-bond acceptors (Lipinski definition) is 13. The lowest BCUT2D eigenvalue weighted by Gasteiger charge is -2.58. The maximum atomic E-state index is 13.9. The zero-order valence-electron chi connectivity index (χ0n) is 39.5. The second-order valence-corrected chi connectivity index (χ2v) is 18.5. The van der Waals surface area contributed by atoms with Gasteiger partial charge in [-0.05, 0) is 93.1 Å². The average Bonchev–Trinajstić information content (AvgIpc) is 3.86. The van der Waals surface area contributed by atoms with Gasteiger partial charge in [0.05, 0.1) is 56.7 Å². The van der Waals surface area contributed by atoms with Crippen LogP contribution < -0.4 is 29.9 Å². The van der Waals surface area contributed by atoms with Crippen molar-refractivity contribution in [1.82, 2.24) is 20.2 Å². The molecule has 3 aliphatic heterocycles. The number of hydrogen-bond donors (Lipinski definition) is 2. The first kappa shape index (κ1) is 47.3. The van der Waals surface area contributed by atoms with Crippen LogP contribution >= 0.6 is 0 Å². The molecule has 6 aliphatic rings. The molecule has 2 saturated carbocycles. The lowest BCUT2D eigenvalue weighted by Crippen LogP contribution is -2.67. The Morgan fingerprint density at radius 2 is 1.79 bits per heavy atom. The lowest BCUT2D eigenvalue weighted by molar-refractivity contribution is -0.155. The van der Waals surface area contributed by atoms with Crippen molar-refractivity contribution in [1.29, 1.82) is 0 Å². The Balaban J connectivity index is 0.00000361. The van der Waals surface area contributed by atoms with Crippen molar-refractivity contribution >= 4 is 35.0 Å². The first-order chi connectivity index (χ1) is 33.2. The number of nitrogens with one attached hydrogen (secondary N) is 2. The molecule has 0 aromatic heterocycles. The molecule has 3 aromatic rings. The SMILES string of the molecule is CCOc1ccccc1N1C(=O)C2C=CC=CC2=NC1CN1CCN(C(=O)COc2ccc(CNOCCCOCN3C4CCCC45CC(OC(=O)Nc4cc(C)ccc4OC)CC35)cc2)CC1.[HH].[HH]. The first-order valence-electron chi connectivity index (χ1n) is 24.2. The summed E-state index contributed by atoms with van der Waals surface area (Å²) in [6, 6.07) is 21.8. The first-order valence-corrected chi connectivity index (χ1v) is 24.2. The fourth-order valence-corrected chi connectivity index (χ4v) is 11.1. The monoisotopic (exact) mass is 936 g/mol. The van der Waals surface area contributed by atoms with Crippen LogP contribution in [0.3, 0.4) is 0 Å². The van der Waals surface area contributed by atoms with Crippen molar-refractivity contribution in [3.8, 4) is 17.2 Å². The third-order valence-electron chi connectivity index (χ3n) is 14.3. The molecular formula is C52H69N7O9. The second kappa shape index (κ2) is 21.7. The molecule has 3 aliphatic carbocycles. The molecule has 2 N–H and O–H groups in total. The summed E-state index contributed by atoms with van der Waals surface area (Å²) in [4.78, 5) is 59.2. The Kier molecular flexibility index (Phi) is 15.1. The second-order valence-electron chi connectivity index (χ2n) is 18.5. The summed E-state index contributed by atoms with van der Waals surface area (Å²) >= 11 is 0. The summed E-state index contributed by atoms with van der Waals surface area (Å²) in [5, 5.41) is 2.89. The molecule has 16 nitrogen and oxygen atoms in total. The Morgan fingerprint density at radius 3 is 2.62 bits per heavy atom. The van der Waals surface area contributed by atoms with E-state index in [2.05, 4.69) is 20.6 Å². The van der Waals surface area contributed by atoms with Gasteiger partial charge < -0.3 is 33.4 Å². The Labute approximate surface area is 402 Å². The minimum absolute atomic E-state index is 0. The van der Waals surface area contributed by atoms with Crippen LogP contribution in [-0.2, 0) is 30.4 Å². The Bertz CT molecular complexity index is 2360. The summed E-state index contributed by atoms with van der Waals surface area (Å²) in [6.07, 6.45) is 12.6. The molecule has 0 radical (unpaired) electrons. The van der Waals surface area contributed by atoms with Gasteiger partial charge >= 0.3 is 6.09 Å². The summed E-state index contributed by atoms with van der Waals surface area (Å²) in [5.41, 5.74) is 7.41. The number of allylic oxidation sites excluding steroid dienone is 3. The number of hydroxylamine groups is 1. The number of rotatable bonds is 20. The van der Waals surface area contributed by atoms with Gasteiger partial charge in [-0.1, -0.05) is 55.0 Å². The number of para-hydroxylation sites is 2. The zero-order valence-corrected chi connectivity index (χ0v) is 39.5. The van der Waals surface area contributed by atoms with E-state index >= 15 is 0 Å². The minimum atomic E-state index is -0.439. The number of aliphatic imine (C=N–C) groups is 1. The van der Waals surface area contributed by atoms with Crippen LogP contribution in [-0.4, -0.2) is 136 Å². The van der Waals surface area contributed by atoms with Crippen molar-refractivity contribution < 1.29 is 45.8 Å². The molecule has 16 heteroatoms. The highest BCUT2D eigenvalue weighted by molar-refractivity contribution is 6.18. The van der Waals surface area contributed by atoms with Crippen LogP contribution in [0.1, 0.15) is 59.4 Å². The van der Waals surface area contributed by atoms with Crippen molar-refractivity contribution in [2.45, 2.75) is 83.3 Å². The summed E-state index contributed by atoms with van der Waals surface area (Å²) < 4.78 is 29.3. The highest BCUT2D eigenvalue weighted by atomic mass is 16.6. The molecule has 4 fully saturated rings. The number of piperazine rings is 1. The quantitative estimate of drug-likeness (QED) is 0.0886. The fourth-order valence-electron chi connectivity index (χ4n) is 11.1. The predicted octanol–water partition coefficient (Wildman–Crippen LogP) is 6.99. The number of ether oxygens (including phenoxy) is 5. The van der Waals surface area contributed by atoms with E-state index in [1.165, 1.54) is 12.8 Å².